The lowest BCUT2D eigenvalue weighted by atomic mass is 9.73. The number of amides is 1. The number of likely N-dealkylation sites (N-methyl/N-ethyl adjacent to an activating group) is 1. The molecule has 2 aliphatic heterocycles. The molecule has 3 rings (SSSR count). The number of aryl methyl sites for hydroxylation is 1. The lowest BCUT2D eigenvalue weighted by molar-refractivity contribution is -0.147. The van der Waals surface area contributed by atoms with Crippen molar-refractivity contribution in [3.8, 4) is 0 Å². The number of hydrogen-bond acceptors (Lipinski definition) is 5. The van der Waals surface area contributed by atoms with Crippen LogP contribution in [-0.4, -0.2) is 75.4 Å². The van der Waals surface area contributed by atoms with E-state index in [4.69, 9.17) is 13.9 Å². The first-order valence-corrected chi connectivity index (χ1v) is 9.20. The van der Waals surface area contributed by atoms with Gasteiger partial charge in [-0.05, 0) is 52.4 Å². The number of furan rings is 1. The van der Waals surface area contributed by atoms with Crippen LogP contribution >= 0.6 is 0 Å². The van der Waals surface area contributed by atoms with E-state index in [0.717, 1.165) is 38.2 Å². The predicted molar refractivity (Wildman–Crippen MR) is 94.7 cm³/mol. The Labute approximate surface area is 150 Å². The number of ether oxygens (including phenoxy) is 2. The van der Waals surface area contributed by atoms with Crippen LogP contribution in [0.2, 0.25) is 0 Å². The summed E-state index contributed by atoms with van der Waals surface area (Å²) in [5, 5.41) is 0. The topological polar surface area (TPSA) is 55.2 Å². The fraction of sp³-hybridized carbons (Fsp3) is 0.737. The van der Waals surface area contributed by atoms with Crippen molar-refractivity contribution >= 4 is 5.91 Å². The fourth-order valence-electron chi connectivity index (χ4n) is 3.90. The molecule has 0 spiro atoms. The van der Waals surface area contributed by atoms with Crippen LogP contribution in [0.15, 0.2) is 16.5 Å². The van der Waals surface area contributed by atoms with Crippen LogP contribution in [0.1, 0.15) is 35.6 Å². The number of nitrogens with zero attached hydrogens (tertiary/aromatic N) is 2. The molecule has 0 aliphatic carbocycles. The molecule has 2 fully saturated rings. The highest BCUT2D eigenvalue weighted by Gasteiger charge is 2.47. The van der Waals surface area contributed by atoms with Crippen LogP contribution in [0, 0.1) is 12.3 Å². The van der Waals surface area contributed by atoms with Crippen molar-refractivity contribution in [1.29, 1.82) is 0 Å². The first-order valence-electron chi connectivity index (χ1n) is 9.20. The zero-order chi connectivity index (χ0) is 17.9. The first kappa shape index (κ1) is 18.4. The number of rotatable bonds is 6. The molecule has 6 heteroatoms. The Morgan fingerprint density at radius 2 is 2.28 bits per heavy atom. The van der Waals surface area contributed by atoms with Gasteiger partial charge in [-0.2, -0.15) is 0 Å². The molecule has 2 saturated heterocycles. The number of carbonyl (C=O) groups excluding carboxylic acids is 1. The molecule has 0 unspecified atom stereocenters. The van der Waals surface area contributed by atoms with Crippen molar-refractivity contribution in [3.63, 3.8) is 0 Å². The minimum atomic E-state index is -0.0971. The van der Waals surface area contributed by atoms with Crippen molar-refractivity contribution < 1.29 is 18.7 Å². The Balaban J connectivity index is 1.67. The maximum absolute atomic E-state index is 12.8. The average molecular weight is 350 g/mol. The highest BCUT2D eigenvalue weighted by Crippen LogP contribution is 2.40. The zero-order valence-corrected chi connectivity index (χ0v) is 15.6. The van der Waals surface area contributed by atoms with Gasteiger partial charge in [0.15, 0.2) is 5.76 Å². The maximum Gasteiger partial charge on any atom is 0.289 e. The van der Waals surface area contributed by atoms with E-state index in [9.17, 15) is 4.79 Å². The molecular formula is C19H30N2O4. The second-order valence-corrected chi connectivity index (χ2v) is 7.61. The summed E-state index contributed by atoms with van der Waals surface area (Å²) in [6.45, 7) is 6.31. The molecule has 2 aliphatic rings. The van der Waals surface area contributed by atoms with Crippen molar-refractivity contribution in [2.45, 2.75) is 32.3 Å². The molecule has 0 radical (unpaired) electrons. The average Bonchev–Trinajstić information content (AvgIpc) is 3.04. The van der Waals surface area contributed by atoms with Crippen LogP contribution in [0.25, 0.3) is 0 Å². The summed E-state index contributed by atoms with van der Waals surface area (Å²) in [5.41, 5.74) is -0.0971. The highest BCUT2D eigenvalue weighted by atomic mass is 16.5. The quantitative estimate of drug-likeness (QED) is 0.736. The minimum Gasteiger partial charge on any atom is -0.456 e. The van der Waals surface area contributed by atoms with Crippen LogP contribution in [-0.2, 0) is 9.47 Å². The van der Waals surface area contributed by atoms with Gasteiger partial charge in [0.25, 0.3) is 5.91 Å². The molecule has 0 saturated carbocycles. The standard InChI is InChI=1S/C19H30N2O4/c1-15-5-6-16(25-15)18(22)21-9-7-17-19(13-21,8-4-11-24-17)14-23-12-10-20(2)3/h5-6,17H,4,7-14H2,1-3H3/t17-,19+/m0/s1. The number of carbonyl (C=O) groups is 1. The molecule has 3 heterocycles. The maximum atomic E-state index is 12.8. The van der Waals surface area contributed by atoms with E-state index in [1.807, 2.05) is 32.0 Å². The van der Waals surface area contributed by atoms with Gasteiger partial charge in [-0.15, -0.1) is 0 Å². The third-order valence-electron chi connectivity index (χ3n) is 5.30. The normalized spacial score (nSPS) is 26.7. The van der Waals surface area contributed by atoms with Gasteiger partial charge in [0.2, 0.25) is 0 Å². The van der Waals surface area contributed by atoms with Gasteiger partial charge in [-0.1, -0.05) is 0 Å². The Hall–Kier alpha value is -1.37. The van der Waals surface area contributed by atoms with E-state index >= 15 is 0 Å². The van der Waals surface area contributed by atoms with Crippen LogP contribution in [0.4, 0.5) is 0 Å². The highest BCUT2D eigenvalue weighted by molar-refractivity contribution is 5.91. The minimum absolute atomic E-state index is 0.0233. The monoisotopic (exact) mass is 350 g/mol. The first-order chi connectivity index (χ1) is 12.0. The van der Waals surface area contributed by atoms with Crippen molar-refractivity contribution in [3.05, 3.63) is 23.7 Å². The second kappa shape index (κ2) is 7.89. The Kier molecular flexibility index (Phi) is 5.81. The lowest BCUT2D eigenvalue weighted by Crippen LogP contribution is -2.58. The zero-order valence-electron chi connectivity index (χ0n) is 15.6. The number of fused-ring (bicyclic) bond motifs is 1. The van der Waals surface area contributed by atoms with Crippen molar-refractivity contribution in [1.82, 2.24) is 9.80 Å². The molecule has 1 amide bonds. The summed E-state index contributed by atoms with van der Waals surface area (Å²) in [6.07, 6.45) is 3.11. The van der Waals surface area contributed by atoms with Crippen molar-refractivity contribution in [2.24, 2.45) is 5.41 Å². The van der Waals surface area contributed by atoms with Gasteiger partial charge in [-0.25, -0.2) is 0 Å². The summed E-state index contributed by atoms with van der Waals surface area (Å²) in [5.74, 6) is 1.17. The molecule has 1 aromatic rings. The predicted octanol–water partition coefficient (Wildman–Crippen LogP) is 2.18. The van der Waals surface area contributed by atoms with Crippen LogP contribution in [0.3, 0.4) is 0 Å². The summed E-state index contributed by atoms with van der Waals surface area (Å²) >= 11 is 0. The molecule has 25 heavy (non-hydrogen) atoms. The molecule has 1 aromatic heterocycles. The third kappa shape index (κ3) is 4.25. The summed E-state index contributed by atoms with van der Waals surface area (Å²) in [7, 11) is 4.08. The number of likely N-dealkylation sites (tertiary alicyclic amines) is 1. The molecule has 140 valence electrons. The SMILES string of the molecule is Cc1ccc(C(=O)N2CC[C@@H]3OCCC[C@]3(COCCN(C)C)C2)o1. The lowest BCUT2D eigenvalue weighted by Gasteiger charge is -2.50. The Morgan fingerprint density at radius 1 is 1.44 bits per heavy atom. The van der Waals surface area contributed by atoms with E-state index in [0.29, 0.717) is 32.1 Å². The summed E-state index contributed by atoms with van der Waals surface area (Å²) in [4.78, 5) is 16.8. The molecule has 2 atom stereocenters. The van der Waals surface area contributed by atoms with E-state index in [-0.39, 0.29) is 17.4 Å². The molecule has 0 N–H and O–H groups in total. The second-order valence-electron chi connectivity index (χ2n) is 7.61. The van der Waals surface area contributed by atoms with E-state index in [2.05, 4.69) is 4.90 Å². The Bertz CT molecular complexity index is 586. The largest absolute Gasteiger partial charge is 0.456 e. The third-order valence-corrected chi connectivity index (χ3v) is 5.30. The van der Waals surface area contributed by atoms with E-state index in [1.54, 1.807) is 6.07 Å². The van der Waals surface area contributed by atoms with Gasteiger partial charge in [0, 0.05) is 31.7 Å². The summed E-state index contributed by atoms with van der Waals surface area (Å²) in [6, 6.07) is 3.60. The van der Waals surface area contributed by atoms with Gasteiger partial charge in [0.1, 0.15) is 5.76 Å². The van der Waals surface area contributed by atoms with Crippen LogP contribution in [0.5, 0.6) is 0 Å². The van der Waals surface area contributed by atoms with E-state index in [1.165, 1.54) is 0 Å². The number of hydrogen-bond donors (Lipinski definition) is 0. The molecular weight excluding hydrogens is 320 g/mol. The smallest absolute Gasteiger partial charge is 0.289 e. The fourth-order valence-corrected chi connectivity index (χ4v) is 3.90. The molecule has 0 bridgehead atoms. The van der Waals surface area contributed by atoms with Gasteiger partial charge in [0.05, 0.1) is 19.3 Å². The molecule has 0 aromatic carbocycles. The summed E-state index contributed by atoms with van der Waals surface area (Å²) < 4.78 is 17.6. The van der Waals surface area contributed by atoms with Crippen LogP contribution < -0.4 is 0 Å². The molecule has 6 nitrogen and oxygen atoms in total. The van der Waals surface area contributed by atoms with Gasteiger partial charge >= 0.3 is 0 Å². The van der Waals surface area contributed by atoms with Gasteiger partial charge < -0.3 is 23.7 Å². The van der Waals surface area contributed by atoms with E-state index < -0.39 is 0 Å². The number of piperidine rings is 1. The van der Waals surface area contributed by atoms with Crippen molar-refractivity contribution in [2.75, 3.05) is 53.6 Å². The Morgan fingerprint density at radius 3 is 3.00 bits per heavy atom. The van der Waals surface area contributed by atoms with Gasteiger partial charge in [-0.3, -0.25) is 4.79 Å².